The van der Waals surface area contributed by atoms with E-state index in [4.69, 9.17) is 11.6 Å². The van der Waals surface area contributed by atoms with E-state index in [0.717, 1.165) is 5.56 Å². The first kappa shape index (κ1) is 10.8. The Labute approximate surface area is 98.9 Å². The summed E-state index contributed by atoms with van der Waals surface area (Å²) in [5.41, 5.74) is 1.97. The third-order valence-electron chi connectivity index (χ3n) is 2.33. The summed E-state index contributed by atoms with van der Waals surface area (Å²) in [5.74, 6) is -0.0743. The standard InChI is InChI=1S/C13H10ClNO/c1-9-3-2-8-15-12(9)13(16)10-4-6-11(14)7-5-10/h2-8H,1H3. The van der Waals surface area contributed by atoms with E-state index in [1.807, 2.05) is 19.1 Å². The molecule has 0 saturated heterocycles. The summed E-state index contributed by atoms with van der Waals surface area (Å²) >= 11 is 5.77. The lowest BCUT2D eigenvalue weighted by atomic mass is 10.0. The van der Waals surface area contributed by atoms with Crippen molar-refractivity contribution in [2.24, 2.45) is 0 Å². The van der Waals surface area contributed by atoms with Gasteiger partial charge in [-0.3, -0.25) is 9.78 Å². The molecular formula is C13H10ClNO. The quantitative estimate of drug-likeness (QED) is 0.743. The number of aryl methyl sites for hydroxylation is 1. The minimum Gasteiger partial charge on any atom is -0.287 e. The van der Waals surface area contributed by atoms with Crippen molar-refractivity contribution >= 4 is 17.4 Å². The second kappa shape index (κ2) is 4.45. The molecule has 16 heavy (non-hydrogen) atoms. The minimum atomic E-state index is -0.0743. The van der Waals surface area contributed by atoms with Crippen LogP contribution in [0.2, 0.25) is 5.02 Å². The molecule has 1 aromatic heterocycles. The van der Waals surface area contributed by atoms with Crippen LogP contribution in [-0.4, -0.2) is 10.8 Å². The molecule has 0 aliphatic rings. The topological polar surface area (TPSA) is 30.0 Å². The van der Waals surface area contributed by atoms with Crippen LogP contribution in [-0.2, 0) is 0 Å². The summed E-state index contributed by atoms with van der Waals surface area (Å²) in [6.45, 7) is 1.87. The number of carbonyl (C=O) groups is 1. The number of rotatable bonds is 2. The van der Waals surface area contributed by atoms with Crippen LogP contribution in [0.1, 0.15) is 21.6 Å². The first-order chi connectivity index (χ1) is 7.68. The molecule has 0 N–H and O–H groups in total. The zero-order chi connectivity index (χ0) is 11.5. The lowest BCUT2D eigenvalue weighted by Gasteiger charge is -2.03. The van der Waals surface area contributed by atoms with E-state index >= 15 is 0 Å². The molecule has 0 bridgehead atoms. The molecule has 0 aliphatic heterocycles. The highest BCUT2D eigenvalue weighted by molar-refractivity contribution is 6.30. The molecule has 0 aliphatic carbocycles. The van der Waals surface area contributed by atoms with Crippen molar-refractivity contribution < 1.29 is 4.79 Å². The van der Waals surface area contributed by atoms with Crippen molar-refractivity contribution in [2.75, 3.05) is 0 Å². The number of aromatic nitrogens is 1. The van der Waals surface area contributed by atoms with Crippen LogP contribution in [0.15, 0.2) is 42.6 Å². The van der Waals surface area contributed by atoms with Crippen molar-refractivity contribution in [3.05, 3.63) is 64.4 Å². The largest absolute Gasteiger partial charge is 0.287 e. The molecule has 0 saturated carbocycles. The molecule has 3 heteroatoms. The lowest BCUT2D eigenvalue weighted by molar-refractivity contribution is 0.103. The Bertz CT molecular complexity index is 520. The Morgan fingerprint density at radius 1 is 1.19 bits per heavy atom. The third kappa shape index (κ3) is 2.12. The molecule has 2 aromatic rings. The zero-order valence-electron chi connectivity index (χ0n) is 8.77. The Morgan fingerprint density at radius 3 is 2.50 bits per heavy atom. The van der Waals surface area contributed by atoms with Crippen molar-refractivity contribution in [3.8, 4) is 0 Å². The molecule has 0 radical (unpaired) electrons. The fourth-order valence-corrected chi connectivity index (χ4v) is 1.59. The zero-order valence-corrected chi connectivity index (χ0v) is 9.53. The highest BCUT2D eigenvalue weighted by atomic mass is 35.5. The van der Waals surface area contributed by atoms with Gasteiger partial charge >= 0.3 is 0 Å². The second-order valence-electron chi connectivity index (χ2n) is 3.50. The fraction of sp³-hybridized carbons (Fsp3) is 0.0769. The molecule has 1 aromatic carbocycles. The Hall–Kier alpha value is -1.67. The van der Waals surface area contributed by atoms with Gasteiger partial charge in [0.1, 0.15) is 5.69 Å². The first-order valence-corrected chi connectivity index (χ1v) is 5.28. The lowest BCUT2D eigenvalue weighted by Crippen LogP contribution is -2.05. The number of benzene rings is 1. The van der Waals surface area contributed by atoms with Crippen molar-refractivity contribution in [1.29, 1.82) is 0 Å². The van der Waals surface area contributed by atoms with E-state index in [1.54, 1.807) is 30.5 Å². The number of carbonyl (C=O) groups excluding carboxylic acids is 1. The van der Waals surface area contributed by atoms with Crippen molar-refractivity contribution in [3.63, 3.8) is 0 Å². The maximum Gasteiger partial charge on any atom is 0.211 e. The predicted octanol–water partition coefficient (Wildman–Crippen LogP) is 3.27. The monoisotopic (exact) mass is 231 g/mol. The number of hydrogen-bond donors (Lipinski definition) is 0. The molecule has 0 amide bonds. The van der Waals surface area contributed by atoms with Gasteiger partial charge in [0.25, 0.3) is 0 Å². The Morgan fingerprint density at radius 2 is 1.88 bits per heavy atom. The van der Waals surface area contributed by atoms with Crippen molar-refractivity contribution in [2.45, 2.75) is 6.92 Å². The summed E-state index contributed by atoms with van der Waals surface area (Å²) in [4.78, 5) is 16.2. The summed E-state index contributed by atoms with van der Waals surface area (Å²) in [7, 11) is 0. The van der Waals surface area contributed by atoms with E-state index in [-0.39, 0.29) is 5.78 Å². The molecule has 0 atom stereocenters. The van der Waals surface area contributed by atoms with Crippen LogP contribution in [0.4, 0.5) is 0 Å². The van der Waals surface area contributed by atoms with Crippen LogP contribution in [0.5, 0.6) is 0 Å². The van der Waals surface area contributed by atoms with Gasteiger partial charge in [-0.25, -0.2) is 0 Å². The highest BCUT2D eigenvalue weighted by Crippen LogP contribution is 2.14. The van der Waals surface area contributed by atoms with Gasteiger partial charge < -0.3 is 0 Å². The average molecular weight is 232 g/mol. The normalized spacial score (nSPS) is 10.1. The maximum absolute atomic E-state index is 12.1. The second-order valence-corrected chi connectivity index (χ2v) is 3.94. The van der Waals surface area contributed by atoms with E-state index in [1.165, 1.54) is 0 Å². The highest BCUT2D eigenvalue weighted by Gasteiger charge is 2.12. The Kier molecular flexibility index (Phi) is 3.02. The molecule has 0 unspecified atom stereocenters. The predicted molar refractivity (Wildman–Crippen MR) is 63.9 cm³/mol. The molecule has 1 heterocycles. The smallest absolute Gasteiger partial charge is 0.211 e. The molecule has 80 valence electrons. The molecule has 0 fully saturated rings. The van der Waals surface area contributed by atoms with Gasteiger partial charge in [-0.2, -0.15) is 0 Å². The molecule has 2 rings (SSSR count). The molecule has 2 nitrogen and oxygen atoms in total. The molecule has 0 spiro atoms. The van der Waals surface area contributed by atoms with E-state index in [2.05, 4.69) is 4.98 Å². The van der Waals surface area contributed by atoms with Crippen LogP contribution >= 0.6 is 11.6 Å². The van der Waals surface area contributed by atoms with Gasteiger partial charge in [-0.05, 0) is 42.8 Å². The van der Waals surface area contributed by atoms with Crippen LogP contribution < -0.4 is 0 Å². The van der Waals surface area contributed by atoms with E-state index < -0.39 is 0 Å². The summed E-state index contributed by atoms with van der Waals surface area (Å²) in [5, 5.41) is 0.620. The van der Waals surface area contributed by atoms with Gasteiger partial charge in [-0.1, -0.05) is 17.7 Å². The number of ketones is 1. The maximum atomic E-state index is 12.1. The van der Waals surface area contributed by atoms with Gasteiger partial charge in [-0.15, -0.1) is 0 Å². The van der Waals surface area contributed by atoms with Gasteiger partial charge in [0.15, 0.2) is 0 Å². The molecular weight excluding hydrogens is 222 g/mol. The number of hydrogen-bond acceptors (Lipinski definition) is 2. The van der Waals surface area contributed by atoms with Crippen LogP contribution in [0, 0.1) is 6.92 Å². The number of halogens is 1. The summed E-state index contributed by atoms with van der Waals surface area (Å²) < 4.78 is 0. The van der Waals surface area contributed by atoms with Crippen LogP contribution in [0.25, 0.3) is 0 Å². The number of pyridine rings is 1. The Balaban J connectivity index is 2.40. The fourth-order valence-electron chi connectivity index (χ4n) is 1.46. The van der Waals surface area contributed by atoms with Crippen molar-refractivity contribution in [1.82, 2.24) is 4.98 Å². The average Bonchev–Trinajstić information content (AvgIpc) is 2.30. The third-order valence-corrected chi connectivity index (χ3v) is 2.58. The number of nitrogens with zero attached hydrogens (tertiary/aromatic N) is 1. The summed E-state index contributed by atoms with van der Waals surface area (Å²) in [6, 6.07) is 10.5. The minimum absolute atomic E-state index is 0.0743. The van der Waals surface area contributed by atoms with E-state index in [9.17, 15) is 4.79 Å². The summed E-state index contributed by atoms with van der Waals surface area (Å²) in [6.07, 6.45) is 1.62. The van der Waals surface area contributed by atoms with Gasteiger partial charge in [0, 0.05) is 16.8 Å². The van der Waals surface area contributed by atoms with Crippen LogP contribution in [0.3, 0.4) is 0 Å². The first-order valence-electron chi connectivity index (χ1n) is 4.90. The van der Waals surface area contributed by atoms with Gasteiger partial charge in [0.05, 0.1) is 0 Å². The van der Waals surface area contributed by atoms with E-state index in [0.29, 0.717) is 16.3 Å². The SMILES string of the molecule is Cc1cccnc1C(=O)c1ccc(Cl)cc1. The van der Waals surface area contributed by atoms with Gasteiger partial charge in [0.2, 0.25) is 5.78 Å².